The molecule has 2 aromatic rings. The Hall–Kier alpha value is -3.15. The Labute approximate surface area is 171 Å². The summed E-state index contributed by atoms with van der Waals surface area (Å²) in [7, 11) is 0. The lowest BCUT2D eigenvalue weighted by atomic mass is 9.91. The second-order valence-electron chi connectivity index (χ2n) is 7.48. The number of hydrogen-bond acceptors (Lipinski definition) is 3. The molecule has 0 spiro atoms. The van der Waals surface area contributed by atoms with Crippen LogP contribution in [-0.2, 0) is 28.0 Å². The molecule has 0 aromatic heterocycles. The van der Waals surface area contributed by atoms with Gasteiger partial charge in [0.15, 0.2) is 0 Å². The van der Waals surface area contributed by atoms with Gasteiger partial charge in [-0.25, -0.2) is 4.79 Å². The summed E-state index contributed by atoms with van der Waals surface area (Å²) < 4.78 is 0. The molecule has 1 aliphatic rings. The van der Waals surface area contributed by atoms with Crippen molar-refractivity contribution in [3.63, 3.8) is 0 Å². The summed E-state index contributed by atoms with van der Waals surface area (Å²) in [4.78, 5) is 38.6. The molecule has 1 atom stereocenters. The minimum Gasteiger partial charge on any atom is -0.354 e. The van der Waals surface area contributed by atoms with Crippen LogP contribution >= 0.6 is 0 Å². The largest absolute Gasteiger partial charge is 0.354 e. The van der Waals surface area contributed by atoms with Gasteiger partial charge in [0.25, 0.3) is 5.91 Å². The lowest BCUT2D eigenvalue weighted by Crippen LogP contribution is -2.43. The fourth-order valence-electron chi connectivity index (χ4n) is 3.52. The maximum absolute atomic E-state index is 12.9. The van der Waals surface area contributed by atoms with E-state index in [1.807, 2.05) is 54.6 Å². The van der Waals surface area contributed by atoms with E-state index in [0.29, 0.717) is 18.5 Å². The topological polar surface area (TPSA) is 78.5 Å². The first kappa shape index (κ1) is 20.6. The Morgan fingerprint density at radius 2 is 1.66 bits per heavy atom. The number of nitrogens with one attached hydrogen (secondary N) is 2. The number of carbonyl (C=O) groups is 3. The quantitative estimate of drug-likeness (QED) is 0.677. The van der Waals surface area contributed by atoms with E-state index in [1.54, 1.807) is 6.92 Å². The molecular formula is C23H27N3O3. The number of benzene rings is 2. The molecule has 1 fully saturated rings. The Morgan fingerprint density at radius 1 is 1.00 bits per heavy atom. The summed E-state index contributed by atoms with van der Waals surface area (Å²) in [6.45, 7) is 3.94. The van der Waals surface area contributed by atoms with Crippen molar-refractivity contribution in [1.82, 2.24) is 15.5 Å². The van der Waals surface area contributed by atoms with E-state index in [1.165, 1.54) is 5.56 Å². The molecule has 0 aliphatic carbocycles. The fraction of sp³-hybridized carbons (Fsp3) is 0.348. The number of carbonyl (C=O) groups excluding carboxylic acids is 3. The average Bonchev–Trinajstić information content (AvgIpc) is 2.93. The standard InChI is InChI=1S/C23H27N3O3/c1-3-7-17-10-12-19(13-11-17)23(2)21(28)26(22(29)25-23)16-20(27)24-15-14-18-8-5-4-6-9-18/h4-6,8-13H,3,7,14-16H2,1-2H3,(H,24,27)(H,25,29)/t23-/m0/s1. The van der Waals surface area contributed by atoms with Crippen molar-refractivity contribution >= 4 is 17.8 Å². The molecule has 4 amide bonds. The molecular weight excluding hydrogens is 366 g/mol. The van der Waals surface area contributed by atoms with Crippen molar-refractivity contribution in [3.05, 3.63) is 71.3 Å². The van der Waals surface area contributed by atoms with Crippen molar-refractivity contribution in [3.8, 4) is 0 Å². The average molecular weight is 393 g/mol. The highest BCUT2D eigenvalue weighted by Crippen LogP contribution is 2.29. The van der Waals surface area contributed by atoms with Gasteiger partial charge < -0.3 is 10.6 Å². The smallest absolute Gasteiger partial charge is 0.325 e. The van der Waals surface area contributed by atoms with Crippen LogP contribution in [0.4, 0.5) is 4.79 Å². The third kappa shape index (κ3) is 4.65. The van der Waals surface area contributed by atoms with Gasteiger partial charge in [-0.05, 0) is 36.5 Å². The zero-order valence-electron chi connectivity index (χ0n) is 16.9. The first-order chi connectivity index (χ1) is 13.9. The third-order valence-corrected chi connectivity index (χ3v) is 5.23. The number of hydrogen-bond donors (Lipinski definition) is 2. The number of amides is 4. The van der Waals surface area contributed by atoms with Gasteiger partial charge in [0.2, 0.25) is 5.91 Å². The highest BCUT2D eigenvalue weighted by atomic mass is 16.2. The zero-order valence-corrected chi connectivity index (χ0v) is 16.9. The second-order valence-corrected chi connectivity index (χ2v) is 7.48. The minimum atomic E-state index is -1.16. The van der Waals surface area contributed by atoms with Crippen LogP contribution in [0.1, 0.15) is 37.0 Å². The molecule has 0 unspecified atom stereocenters. The number of imide groups is 1. The summed E-state index contributed by atoms with van der Waals surface area (Å²) in [5, 5.41) is 5.52. The van der Waals surface area contributed by atoms with Gasteiger partial charge in [-0.2, -0.15) is 0 Å². The monoisotopic (exact) mass is 393 g/mol. The molecule has 6 nitrogen and oxygen atoms in total. The van der Waals surface area contributed by atoms with Crippen LogP contribution in [-0.4, -0.2) is 35.8 Å². The number of urea groups is 1. The van der Waals surface area contributed by atoms with Crippen LogP contribution in [0.15, 0.2) is 54.6 Å². The van der Waals surface area contributed by atoms with E-state index in [9.17, 15) is 14.4 Å². The van der Waals surface area contributed by atoms with Crippen LogP contribution < -0.4 is 10.6 Å². The number of rotatable bonds is 8. The Bertz CT molecular complexity index is 880. The van der Waals surface area contributed by atoms with Crippen molar-refractivity contribution in [2.45, 2.75) is 38.6 Å². The highest BCUT2D eigenvalue weighted by Gasteiger charge is 2.49. The molecule has 6 heteroatoms. The molecule has 1 aliphatic heterocycles. The van der Waals surface area contributed by atoms with Crippen LogP contribution in [0.25, 0.3) is 0 Å². The fourth-order valence-corrected chi connectivity index (χ4v) is 3.52. The SMILES string of the molecule is CCCc1ccc([C@]2(C)NC(=O)N(CC(=O)NCCc3ccccc3)C2=O)cc1. The lowest BCUT2D eigenvalue weighted by molar-refractivity contribution is -0.134. The molecule has 0 bridgehead atoms. The van der Waals surface area contributed by atoms with Gasteiger partial charge in [0.05, 0.1) is 0 Å². The number of aryl methyl sites for hydroxylation is 1. The predicted octanol–water partition coefficient (Wildman–Crippen LogP) is 2.77. The van der Waals surface area contributed by atoms with E-state index >= 15 is 0 Å². The Balaban J connectivity index is 1.59. The molecule has 1 saturated heterocycles. The summed E-state index contributed by atoms with van der Waals surface area (Å²) in [6, 6.07) is 16.9. The number of nitrogens with zero attached hydrogens (tertiary/aromatic N) is 1. The Morgan fingerprint density at radius 3 is 2.31 bits per heavy atom. The second kappa shape index (κ2) is 8.90. The minimum absolute atomic E-state index is 0.289. The molecule has 152 valence electrons. The summed E-state index contributed by atoms with van der Waals surface area (Å²) >= 11 is 0. The molecule has 2 N–H and O–H groups in total. The van der Waals surface area contributed by atoms with E-state index in [2.05, 4.69) is 17.6 Å². The van der Waals surface area contributed by atoms with Crippen molar-refractivity contribution < 1.29 is 14.4 Å². The molecule has 29 heavy (non-hydrogen) atoms. The van der Waals surface area contributed by atoms with E-state index in [4.69, 9.17) is 0 Å². The van der Waals surface area contributed by atoms with Crippen LogP contribution in [0, 0.1) is 0 Å². The van der Waals surface area contributed by atoms with Gasteiger partial charge in [-0.3, -0.25) is 14.5 Å². The first-order valence-corrected chi connectivity index (χ1v) is 9.98. The summed E-state index contributed by atoms with van der Waals surface area (Å²) in [5.74, 6) is -0.768. The van der Waals surface area contributed by atoms with Crippen LogP contribution in [0.5, 0.6) is 0 Å². The molecule has 1 heterocycles. The lowest BCUT2D eigenvalue weighted by Gasteiger charge is -2.22. The van der Waals surface area contributed by atoms with Crippen molar-refractivity contribution in [2.24, 2.45) is 0 Å². The maximum atomic E-state index is 12.9. The van der Waals surface area contributed by atoms with Crippen molar-refractivity contribution in [2.75, 3.05) is 13.1 Å². The normalized spacial score (nSPS) is 18.6. The molecule has 3 rings (SSSR count). The molecule has 2 aromatic carbocycles. The van der Waals surface area contributed by atoms with Crippen molar-refractivity contribution in [1.29, 1.82) is 0 Å². The van der Waals surface area contributed by atoms with Gasteiger partial charge in [-0.1, -0.05) is 67.9 Å². The third-order valence-electron chi connectivity index (χ3n) is 5.23. The maximum Gasteiger partial charge on any atom is 0.325 e. The molecule has 0 saturated carbocycles. The zero-order chi connectivity index (χ0) is 20.9. The highest BCUT2D eigenvalue weighted by molar-refractivity contribution is 6.09. The summed E-state index contributed by atoms with van der Waals surface area (Å²) in [5.41, 5.74) is 1.85. The van der Waals surface area contributed by atoms with Gasteiger partial charge >= 0.3 is 6.03 Å². The van der Waals surface area contributed by atoms with E-state index in [0.717, 1.165) is 23.3 Å². The summed E-state index contributed by atoms with van der Waals surface area (Å²) in [6.07, 6.45) is 2.70. The first-order valence-electron chi connectivity index (χ1n) is 9.98. The van der Waals surface area contributed by atoms with Gasteiger partial charge in [0, 0.05) is 6.54 Å². The van der Waals surface area contributed by atoms with E-state index in [-0.39, 0.29) is 12.5 Å². The molecule has 0 radical (unpaired) electrons. The Kier molecular flexibility index (Phi) is 6.32. The van der Waals surface area contributed by atoms with Crippen LogP contribution in [0.3, 0.4) is 0 Å². The van der Waals surface area contributed by atoms with Gasteiger partial charge in [-0.15, -0.1) is 0 Å². The van der Waals surface area contributed by atoms with Gasteiger partial charge in [0.1, 0.15) is 12.1 Å². The van der Waals surface area contributed by atoms with Crippen LogP contribution in [0.2, 0.25) is 0 Å². The van der Waals surface area contributed by atoms with E-state index < -0.39 is 17.5 Å². The predicted molar refractivity (Wildman–Crippen MR) is 111 cm³/mol.